The number of carbonyl (C=O) groups is 2. The van der Waals surface area contributed by atoms with E-state index in [0.29, 0.717) is 0 Å². The molecule has 0 aromatic carbocycles. The number of amides is 2. The summed E-state index contributed by atoms with van der Waals surface area (Å²) in [6, 6.07) is -0.315. The van der Waals surface area contributed by atoms with Crippen LogP contribution in [0.1, 0.15) is 33.6 Å². The Hall–Kier alpha value is -0.900. The Morgan fingerprint density at radius 1 is 1.43 bits per heavy atom. The van der Waals surface area contributed by atoms with Crippen molar-refractivity contribution in [1.29, 1.82) is 0 Å². The lowest BCUT2D eigenvalue weighted by atomic mass is 9.92. The molecule has 1 heterocycles. The first-order chi connectivity index (χ1) is 6.38. The van der Waals surface area contributed by atoms with Crippen molar-refractivity contribution in [3.8, 4) is 0 Å². The van der Waals surface area contributed by atoms with Gasteiger partial charge in [-0.25, -0.2) is 0 Å². The molecule has 0 saturated carbocycles. The molecule has 1 unspecified atom stereocenters. The van der Waals surface area contributed by atoms with Crippen LogP contribution in [0.5, 0.6) is 0 Å². The van der Waals surface area contributed by atoms with E-state index in [-0.39, 0.29) is 29.7 Å². The summed E-state index contributed by atoms with van der Waals surface area (Å²) in [5.41, 5.74) is 0.256. The van der Waals surface area contributed by atoms with Crippen LogP contribution in [0.25, 0.3) is 0 Å². The lowest BCUT2D eigenvalue weighted by Crippen LogP contribution is -2.37. The van der Waals surface area contributed by atoms with Crippen molar-refractivity contribution in [2.75, 3.05) is 6.54 Å². The smallest absolute Gasteiger partial charge is 0.244 e. The average molecular weight is 198 g/mol. The third-order valence-electron chi connectivity index (χ3n) is 2.23. The maximum Gasteiger partial charge on any atom is 0.244 e. The molecule has 1 aliphatic rings. The molecular weight excluding hydrogens is 180 g/mol. The molecule has 0 aromatic heterocycles. The van der Waals surface area contributed by atoms with E-state index in [4.69, 9.17) is 0 Å². The Morgan fingerprint density at radius 2 is 2.07 bits per heavy atom. The predicted octanol–water partition coefficient (Wildman–Crippen LogP) is 0.427. The molecule has 1 aliphatic heterocycles. The van der Waals surface area contributed by atoms with Gasteiger partial charge < -0.3 is 5.32 Å². The van der Waals surface area contributed by atoms with Crippen LogP contribution in [0, 0.1) is 5.41 Å². The summed E-state index contributed by atoms with van der Waals surface area (Å²) in [4.78, 5) is 22.0. The van der Waals surface area contributed by atoms with Gasteiger partial charge in [-0.2, -0.15) is 0 Å². The fourth-order valence-electron chi connectivity index (χ4n) is 1.34. The van der Waals surface area contributed by atoms with Gasteiger partial charge in [0.2, 0.25) is 11.8 Å². The van der Waals surface area contributed by atoms with E-state index < -0.39 is 0 Å². The highest BCUT2D eigenvalue weighted by Crippen LogP contribution is 2.17. The Balaban J connectivity index is 2.26. The second-order valence-corrected chi connectivity index (χ2v) is 4.93. The molecule has 0 spiro atoms. The molecule has 2 N–H and O–H groups in total. The quantitative estimate of drug-likeness (QED) is 0.646. The zero-order chi connectivity index (χ0) is 10.8. The van der Waals surface area contributed by atoms with Gasteiger partial charge in [0.25, 0.3) is 0 Å². The first-order valence-corrected chi connectivity index (χ1v) is 4.95. The molecule has 4 heteroatoms. The summed E-state index contributed by atoms with van der Waals surface area (Å²) in [5.74, 6) is -0.368. The summed E-state index contributed by atoms with van der Waals surface area (Å²) in [7, 11) is 0. The first kappa shape index (κ1) is 11.2. The minimum absolute atomic E-state index is 0.178. The average Bonchev–Trinajstić information content (AvgIpc) is 2.27. The largest absolute Gasteiger partial charge is 0.305 e. The van der Waals surface area contributed by atoms with Gasteiger partial charge in [-0.15, -0.1) is 0 Å². The van der Waals surface area contributed by atoms with E-state index in [1.807, 2.05) is 0 Å². The Kier molecular flexibility index (Phi) is 3.26. The van der Waals surface area contributed by atoms with Crippen LogP contribution in [-0.2, 0) is 9.59 Å². The van der Waals surface area contributed by atoms with Gasteiger partial charge in [-0.1, -0.05) is 20.8 Å². The minimum atomic E-state index is -0.315. The third kappa shape index (κ3) is 3.46. The molecule has 0 aliphatic carbocycles. The highest BCUT2D eigenvalue weighted by molar-refractivity contribution is 6.05. The third-order valence-corrected chi connectivity index (χ3v) is 2.23. The second kappa shape index (κ2) is 4.09. The second-order valence-electron chi connectivity index (χ2n) is 4.93. The van der Waals surface area contributed by atoms with Gasteiger partial charge in [0.1, 0.15) is 0 Å². The zero-order valence-electron chi connectivity index (χ0n) is 9.02. The van der Waals surface area contributed by atoms with Gasteiger partial charge in [-0.3, -0.25) is 14.9 Å². The Labute approximate surface area is 84.4 Å². The minimum Gasteiger partial charge on any atom is -0.305 e. The van der Waals surface area contributed by atoms with E-state index in [9.17, 15) is 9.59 Å². The number of nitrogens with one attached hydrogen (secondary N) is 2. The molecule has 1 rings (SSSR count). The molecular formula is C10H18N2O2. The number of imide groups is 1. The monoisotopic (exact) mass is 198 g/mol. The van der Waals surface area contributed by atoms with Crippen molar-refractivity contribution in [2.45, 2.75) is 39.7 Å². The lowest BCUT2D eigenvalue weighted by molar-refractivity contribution is -0.125. The Morgan fingerprint density at radius 3 is 2.50 bits per heavy atom. The number of carbonyl (C=O) groups excluding carboxylic acids is 2. The van der Waals surface area contributed by atoms with Crippen molar-refractivity contribution < 1.29 is 9.59 Å². The van der Waals surface area contributed by atoms with Gasteiger partial charge >= 0.3 is 0 Å². The van der Waals surface area contributed by atoms with Crippen molar-refractivity contribution in [3.63, 3.8) is 0 Å². The summed E-state index contributed by atoms with van der Waals surface area (Å²) in [5, 5.41) is 5.36. The molecule has 1 fully saturated rings. The van der Waals surface area contributed by atoms with Crippen LogP contribution in [0.15, 0.2) is 0 Å². The van der Waals surface area contributed by atoms with Crippen LogP contribution in [0.3, 0.4) is 0 Å². The molecule has 2 amide bonds. The molecule has 0 bridgehead atoms. The first-order valence-electron chi connectivity index (χ1n) is 4.95. The SMILES string of the molecule is CC(C)(C)CCNC1CC(=O)NC1=O. The number of hydrogen-bond donors (Lipinski definition) is 2. The summed E-state index contributed by atoms with van der Waals surface area (Å²) in [6.07, 6.45) is 1.27. The molecule has 1 atom stereocenters. The van der Waals surface area contributed by atoms with E-state index >= 15 is 0 Å². The van der Waals surface area contributed by atoms with Crippen LogP contribution < -0.4 is 10.6 Å². The van der Waals surface area contributed by atoms with Crippen LogP contribution >= 0.6 is 0 Å². The topological polar surface area (TPSA) is 58.2 Å². The molecule has 0 aromatic rings. The van der Waals surface area contributed by atoms with E-state index in [1.165, 1.54) is 0 Å². The van der Waals surface area contributed by atoms with Gasteiger partial charge in [0.05, 0.1) is 12.5 Å². The molecule has 0 radical (unpaired) electrons. The van der Waals surface area contributed by atoms with Gasteiger partial charge in [-0.05, 0) is 18.4 Å². The van der Waals surface area contributed by atoms with Crippen molar-refractivity contribution in [2.24, 2.45) is 5.41 Å². The van der Waals surface area contributed by atoms with Crippen LogP contribution in [-0.4, -0.2) is 24.4 Å². The molecule has 4 nitrogen and oxygen atoms in total. The molecule has 1 saturated heterocycles. The lowest BCUT2D eigenvalue weighted by Gasteiger charge is -2.19. The fourth-order valence-corrected chi connectivity index (χ4v) is 1.34. The summed E-state index contributed by atoms with van der Waals surface area (Å²) in [6.45, 7) is 7.21. The highest BCUT2D eigenvalue weighted by Gasteiger charge is 2.29. The maximum atomic E-state index is 11.1. The molecule has 80 valence electrons. The number of hydrogen-bond acceptors (Lipinski definition) is 3. The fraction of sp³-hybridized carbons (Fsp3) is 0.800. The summed E-state index contributed by atoms with van der Waals surface area (Å²) < 4.78 is 0. The predicted molar refractivity (Wildman–Crippen MR) is 53.6 cm³/mol. The highest BCUT2D eigenvalue weighted by atomic mass is 16.2. The summed E-state index contributed by atoms with van der Waals surface area (Å²) >= 11 is 0. The van der Waals surface area contributed by atoms with Crippen LogP contribution in [0.2, 0.25) is 0 Å². The van der Waals surface area contributed by atoms with Crippen molar-refractivity contribution in [3.05, 3.63) is 0 Å². The normalized spacial score (nSPS) is 22.6. The van der Waals surface area contributed by atoms with Crippen LogP contribution in [0.4, 0.5) is 0 Å². The van der Waals surface area contributed by atoms with Crippen molar-refractivity contribution >= 4 is 11.8 Å². The van der Waals surface area contributed by atoms with Gasteiger partial charge in [0.15, 0.2) is 0 Å². The Bertz CT molecular complexity index is 243. The standard InChI is InChI=1S/C10H18N2O2/c1-10(2,3)4-5-11-7-6-8(13)12-9(7)14/h7,11H,4-6H2,1-3H3,(H,12,13,14). The maximum absolute atomic E-state index is 11.1. The van der Waals surface area contributed by atoms with Crippen molar-refractivity contribution in [1.82, 2.24) is 10.6 Å². The van der Waals surface area contributed by atoms with E-state index in [1.54, 1.807) is 0 Å². The molecule has 14 heavy (non-hydrogen) atoms. The van der Waals surface area contributed by atoms with E-state index in [0.717, 1.165) is 13.0 Å². The zero-order valence-corrected chi connectivity index (χ0v) is 9.02. The van der Waals surface area contributed by atoms with E-state index in [2.05, 4.69) is 31.4 Å². The number of rotatable bonds is 3. The van der Waals surface area contributed by atoms with Gasteiger partial charge in [0, 0.05) is 0 Å².